The number of primary amides is 1. The number of carbonyl (C=O) groups is 1. The Labute approximate surface area is 233 Å². The van der Waals surface area contributed by atoms with Gasteiger partial charge in [0.05, 0.1) is 25.9 Å². The van der Waals surface area contributed by atoms with E-state index in [2.05, 4.69) is 32.7 Å². The average Bonchev–Trinajstić information content (AvgIpc) is 3.72. The van der Waals surface area contributed by atoms with Gasteiger partial charge in [-0.2, -0.15) is 0 Å². The van der Waals surface area contributed by atoms with Crippen LogP contribution in [0.2, 0.25) is 0 Å². The van der Waals surface area contributed by atoms with Crippen molar-refractivity contribution in [3.8, 4) is 17.1 Å². The number of anilines is 3. The van der Waals surface area contributed by atoms with Crippen molar-refractivity contribution in [1.29, 1.82) is 0 Å². The summed E-state index contributed by atoms with van der Waals surface area (Å²) < 4.78 is 17.0. The maximum atomic E-state index is 12.6. The third kappa shape index (κ3) is 5.86. The zero-order valence-corrected chi connectivity index (χ0v) is 22.7. The fraction of sp³-hybridized carbons (Fsp3) is 0.448. The van der Waals surface area contributed by atoms with E-state index in [1.165, 1.54) is 5.56 Å². The number of pyridine rings is 1. The normalized spacial score (nSPS) is 20.2. The van der Waals surface area contributed by atoms with E-state index in [1.54, 1.807) is 25.4 Å². The average molecular weight is 546 g/mol. The van der Waals surface area contributed by atoms with Crippen molar-refractivity contribution in [2.24, 2.45) is 5.73 Å². The highest BCUT2D eigenvalue weighted by molar-refractivity contribution is 5.97. The predicted molar refractivity (Wildman–Crippen MR) is 151 cm³/mol. The van der Waals surface area contributed by atoms with Crippen LogP contribution in [0.1, 0.15) is 41.7 Å². The number of nitrogens with one attached hydrogen (secondary N) is 2. The Morgan fingerprint density at radius 2 is 1.90 bits per heavy atom. The monoisotopic (exact) mass is 545 g/mol. The molecule has 2 saturated heterocycles. The lowest BCUT2D eigenvalue weighted by molar-refractivity contribution is -0.00884. The van der Waals surface area contributed by atoms with Crippen LogP contribution in [0.4, 0.5) is 17.3 Å². The summed E-state index contributed by atoms with van der Waals surface area (Å²) in [6.07, 6.45) is 5.54. The zero-order valence-electron chi connectivity index (χ0n) is 22.7. The topological polar surface area (TPSA) is 137 Å². The Morgan fingerprint density at radius 3 is 2.62 bits per heavy atom. The molecular weight excluding hydrogens is 510 g/mol. The first-order chi connectivity index (χ1) is 19.5. The molecule has 2 aliphatic heterocycles. The van der Waals surface area contributed by atoms with E-state index in [0.717, 1.165) is 64.2 Å². The van der Waals surface area contributed by atoms with E-state index in [1.807, 2.05) is 12.1 Å². The van der Waals surface area contributed by atoms with Crippen LogP contribution in [0.3, 0.4) is 0 Å². The van der Waals surface area contributed by atoms with E-state index in [4.69, 9.17) is 29.9 Å². The van der Waals surface area contributed by atoms with Gasteiger partial charge in [0.25, 0.3) is 5.91 Å². The maximum absolute atomic E-state index is 12.6. The van der Waals surface area contributed by atoms with Crippen LogP contribution >= 0.6 is 0 Å². The Hall–Kier alpha value is -3.80. The van der Waals surface area contributed by atoms with Crippen LogP contribution in [0.25, 0.3) is 11.4 Å². The molecule has 1 saturated carbocycles. The smallest absolute Gasteiger partial charge is 0.271 e. The molecule has 210 valence electrons. The Morgan fingerprint density at radius 1 is 1.10 bits per heavy atom. The van der Waals surface area contributed by atoms with Crippen LogP contribution in [-0.2, 0) is 16.0 Å². The van der Waals surface area contributed by atoms with E-state index in [-0.39, 0.29) is 23.2 Å². The van der Waals surface area contributed by atoms with Gasteiger partial charge in [0.15, 0.2) is 17.3 Å². The van der Waals surface area contributed by atoms with Gasteiger partial charge in [-0.1, -0.05) is 12.1 Å². The molecule has 1 atom stereocenters. The van der Waals surface area contributed by atoms with E-state index in [9.17, 15) is 4.79 Å². The summed E-state index contributed by atoms with van der Waals surface area (Å²) in [4.78, 5) is 29.1. The molecule has 4 N–H and O–H groups in total. The molecule has 40 heavy (non-hydrogen) atoms. The van der Waals surface area contributed by atoms with Crippen LogP contribution in [0.15, 0.2) is 42.6 Å². The number of amides is 1. The molecule has 11 heteroatoms. The molecule has 1 unspecified atom stereocenters. The number of ether oxygens (including phenoxy) is 3. The second kappa shape index (κ2) is 11.4. The fourth-order valence-corrected chi connectivity index (χ4v) is 5.37. The number of carbonyl (C=O) groups excluding carboxylic acids is 1. The summed E-state index contributed by atoms with van der Waals surface area (Å²) >= 11 is 0. The van der Waals surface area contributed by atoms with Gasteiger partial charge in [-0.15, -0.1) is 0 Å². The van der Waals surface area contributed by atoms with Crippen molar-refractivity contribution >= 4 is 23.2 Å². The molecule has 1 amide bonds. The SMILES string of the molecule is COc1cccnc1-c1nc(C(N)=O)c(Nc2ccc(CN3CCOCC3)cc2)nc1NC1CCOC2(CC2)C1. The summed E-state index contributed by atoms with van der Waals surface area (Å²) in [7, 11) is 1.57. The molecule has 1 spiro atoms. The van der Waals surface area contributed by atoms with Crippen molar-refractivity contribution < 1.29 is 19.0 Å². The minimum Gasteiger partial charge on any atom is -0.494 e. The molecule has 6 rings (SSSR count). The van der Waals surface area contributed by atoms with E-state index < -0.39 is 5.91 Å². The first-order valence-electron chi connectivity index (χ1n) is 13.8. The second-order valence-electron chi connectivity index (χ2n) is 10.6. The van der Waals surface area contributed by atoms with Crippen LogP contribution in [-0.4, -0.2) is 77.4 Å². The number of nitrogens with zero attached hydrogens (tertiary/aromatic N) is 4. The molecule has 3 aromatic rings. The highest BCUT2D eigenvalue weighted by atomic mass is 16.5. The number of benzene rings is 1. The maximum Gasteiger partial charge on any atom is 0.271 e. The summed E-state index contributed by atoms with van der Waals surface area (Å²) in [5.74, 6) is 0.626. The van der Waals surface area contributed by atoms with E-state index in [0.29, 0.717) is 29.6 Å². The number of methoxy groups -OCH3 is 1. The van der Waals surface area contributed by atoms with Crippen LogP contribution in [0.5, 0.6) is 5.75 Å². The van der Waals surface area contributed by atoms with Crippen molar-refractivity contribution in [2.45, 2.75) is 43.9 Å². The molecule has 0 bridgehead atoms. The highest BCUT2D eigenvalue weighted by Crippen LogP contribution is 2.47. The first kappa shape index (κ1) is 26.4. The number of rotatable bonds is 9. The van der Waals surface area contributed by atoms with Gasteiger partial charge in [0.1, 0.15) is 17.1 Å². The predicted octanol–water partition coefficient (Wildman–Crippen LogP) is 3.35. The molecule has 11 nitrogen and oxygen atoms in total. The van der Waals surface area contributed by atoms with Crippen molar-refractivity contribution in [2.75, 3.05) is 50.7 Å². The largest absolute Gasteiger partial charge is 0.494 e. The van der Waals surface area contributed by atoms with Gasteiger partial charge in [-0.05, 0) is 55.5 Å². The van der Waals surface area contributed by atoms with Crippen LogP contribution in [0, 0.1) is 0 Å². The third-order valence-electron chi connectivity index (χ3n) is 7.71. The minimum absolute atomic E-state index is 0.0243. The van der Waals surface area contributed by atoms with Crippen molar-refractivity contribution in [3.05, 3.63) is 53.9 Å². The van der Waals surface area contributed by atoms with Crippen LogP contribution < -0.4 is 21.1 Å². The molecule has 1 aliphatic carbocycles. The van der Waals surface area contributed by atoms with Gasteiger partial charge in [-0.25, -0.2) is 9.97 Å². The Bertz CT molecular complexity index is 1360. The number of hydrogen-bond acceptors (Lipinski definition) is 10. The second-order valence-corrected chi connectivity index (χ2v) is 10.6. The molecule has 2 aromatic heterocycles. The highest BCUT2D eigenvalue weighted by Gasteiger charge is 2.48. The summed E-state index contributed by atoms with van der Waals surface area (Å²) in [6.45, 7) is 4.93. The zero-order chi connectivity index (χ0) is 27.5. The van der Waals surface area contributed by atoms with Crippen molar-refractivity contribution in [3.63, 3.8) is 0 Å². The number of aromatic nitrogens is 3. The van der Waals surface area contributed by atoms with Crippen molar-refractivity contribution in [1.82, 2.24) is 19.9 Å². The summed E-state index contributed by atoms with van der Waals surface area (Å²) in [5, 5.41) is 6.86. The molecule has 4 heterocycles. The Balaban J connectivity index is 1.31. The molecular formula is C29H35N7O4. The van der Waals surface area contributed by atoms with Gasteiger partial charge >= 0.3 is 0 Å². The molecule has 0 radical (unpaired) electrons. The fourth-order valence-electron chi connectivity index (χ4n) is 5.37. The van der Waals surface area contributed by atoms with Gasteiger partial charge in [0.2, 0.25) is 0 Å². The van der Waals surface area contributed by atoms with E-state index >= 15 is 0 Å². The molecule has 3 aliphatic rings. The Kier molecular flexibility index (Phi) is 7.50. The van der Waals surface area contributed by atoms with Gasteiger partial charge < -0.3 is 30.6 Å². The number of nitrogens with two attached hydrogens (primary N) is 1. The third-order valence-corrected chi connectivity index (χ3v) is 7.71. The quantitative estimate of drug-likeness (QED) is 0.367. The lowest BCUT2D eigenvalue weighted by Gasteiger charge is -2.31. The lowest BCUT2D eigenvalue weighted by atomic mass is 10.0. The molecule has 1 aromatic carbocycles. The van der Waals surface area contributed by atoms with Gasteiger partial charge in [0, 0.05) is 44.2 Å². The molecule has 3 fully saturated rings. The lowest BCUT2D eigenvalue weighted by Crippen LogP contribution is -2.36. The van der Waals surface area contributed by atoms with Gasteiger partial charge in [-0.3, -0.25) is 14.7 Å². The summed E-state index contributed by atoms with van der Waals surface area (Å²) in [6, 6.07) is 11.8. The standard InChI is InChI=1S/C29H35N7O4/c1-38-22-3-2-11-31-23(22)24-27(33-21-8-14-40-29(17-21)9-10-29)35-28(25(34-24)26(30)37)32-20-6-4-19(5-7-20)18-36-12-15-39-16-13-36/h2-7,11,21H,8-10,12-18H2,1H3,(H2,30,37)(H2,32,33,35). The number of hydrogen-bond donors (Lipinski definition) is 3. The first-order valence-corrected chi connectivity index (χ1v) is 13.8. The number of morpholine rings is 1. The minimum atomic E-state index is -0.690. The summed E-state index contributed by atoms with van der Waals surface area (Å²) in [5.41, 5.74) is 8.67.